The SMILES string of the molecule is Cc1ccc(CN(CCN2CCOCC2)C2CCCNC2)o1. The molecule has 0 spiro atoms. The summed E-state index contributed by atoms with van der Waals surface area (Å²) in [7, 11) is 0. The summed E-state index contributed by atoms with van der Waals surface area (Å²) in [5.41, 5.74) is 0. The van der Waals surface area contributed by atoms with Gasteiger partial charge in [0.25, 0.3) is 0 Å². The zero-order chi connectivity index (χ0) is 15.2. The smallest absolute Gasteiger partial charge is 0.118 e. The maximum atomic E-state index is 5.80. The van der Waals surface area contributed by atoms with E-state index in [1.165, 1.54) is 12.8 Å². The lowest BCUT2D eigenvalue weighted by atomic mass is 10.1. The van der Waals surface area contributed by atoms with E-state index in [2.05, 4.69) is 27.2 Å². The van der Waals surface area contributed by atoms with Crippen LogP contribution in [0.25, 0.3) is 0 Å². The van der Waals surface area contributed by atoms with Gasteiger partial charge in [-0.2, -0.15) is 0 Å². The summed E-state index contributed by atoms with van der Waals surface area (Å²) < 4.78 is 11.2. The predicted molar refractivity (Wildman–Crippen MR) is 87.0 cm³/mol. The van der Waals surface area contributed by atoms with Crippen LogP contribution in [0.1, 0.15) is 24.4 Å². The molecule has 0 saturated carbocycles. The first-order valence-corrected chi connectivity index (χ1v) is 8.61. The van der Waals surface area contributed by atoms with Crippen molar-refractivity contribution in [2.45, 2.75) is 32.4 Å². The average Bonchev–Trinajstić information content (AvgIpc) is 2.98. The summed E-state index contributed by atoms with van der Waals surface area (Å²) in [5.74, 6) is 2.09. The van der Waals surface area contributed by atoms with E-state index in [0.29, 0.717) is 6.04 Å². The summed E-state index contributed by atoms with van der Waals surface area (Å²) in [4.78, 5) is 5.11. The van der Waals surface area contributed by atoms with Crippen molar-refractivity contribution in [2.24, 2.45) is 0 Å². The maximum Gasteiger partial charge on any atom is 0.118 e. The highest BCUT2D eigenvalue weighted by Gasteiger charge is 2.23. The summed E-state index contributed by atoms with van der Waals surface area (Å²) in [5, 5.41) is 3.54. The van der Waals surface area contributed by atoms with Crippen molar-refractivity contribution in [2.75, 3.05) is 52.5 Å². The molecule has 3 rings (SSSR count). The normalized spacial score (nSPS) is 24.0. The van der Waals surface area contributed by atoms with Crippen LogP contribution in [0, 0.1) is 6.92 Å². The van der Waals surface area contributed by atoms with Crippen LogP contribution in [-0.4, -0.2) is 68.3 Å². The minimum Gasteiger partial charge on any atom is -0.465 e. The standard InChI is InChI=1S/C17H29N3O2/c1-15-4-5-17(22-15)14-20(16-3-2-6-18-13-16)8-7-19-9-11-21-12-10-19/h4-5,16,18H,2-3,6-14H2,1H3. The molecule has 124 valence electrons. The number of morpholine rings is 1. The molecule has 0 amide bonds. The number of ether oxygens (including phenoxy) is 1. The Labute approximate surface area is 133 Å². The van der Waals surface area contributed by atoms with Crippen LogP contribution in [0.5, 0.6) is 0 Å². The molecule has 0 radical (unpaired) electrons. The van der Waals surface area contributed by atoms with Crippen molar-refractivity contribution in [3.05, 3.63) is 23.7 Å². The van der Waals surface area contributed by atoms with Gasteiger partial charge in [0.1, 0.15) is 11.5 Å². The Morgan fingerprint density at radius 1 is 1.32 bits per heavy atom. The van der Waals surface area contributed by atoms with Crippen molar-refractivity contribution < 1.29 is 9.15 Å². The Morgan fingerprint density at radius 3 is 2.86 bits per heavy atom. The van der Waals surface area contributed by atoms with Crippen LogP contribution in [-0.2, 0) is 11.3 Å². The number of piperidine rings is 1. The van der Waals surface area contributed by atoms with E-state index in [1.54, 1.807) is 0 Å². The number of nitrogens with zero attached hydrogens (tertiary/aromatic N) is 2. The third kappa shape index (κ3) is 4.56. The molecule has 2 aliphatic heterocycles. The minimum atomic E-state index is 0.625. The van der Waals surface area contributed by atoms with Crippen molar-refractivity contribution in [1.82, 2.24) is 15.1 Å². The second-order valence-electron chi connectivity index (χ2n) is 6.44. The molecular formula is C17H29N3O2. The number of hydrogen-bond donors (Lipinski definition) is 1. The topological polar surface area (TPSA) is 40.9 Å². The van der Waals surface area contributed by atoms with Gasteiger partial charge in [-0.15, -0.1) is 0 Å². The lowest BCUT2D eigenvalue weighted by Gasteiger charge is -2.36. The second kappa shape index (κ2) is 8.11. The molecule has 2 aliphatic rings. The number of nitrogens with one attached hydrogen (secondary N) is 1. The highest BCUT2D eigenvalue weighted by molar-refractivity contribution is 5.05. The number of hydrogen-bond acceptors (Lipinski definition) is 5. The van der Waals surface area contributed by atoms with Crippen LogP contribution in [0.3, 0.4) is 0 Å². The second-order valence-corrected chi connectivity index (χ2v) is 6.44. The fraction of sp³-hybridized carbons (Fsp3) is 0.765. The predicted octanol–water partition coefficient (Wildman–Crippen LogP) is 1.47. The van der Waals surface area contributed by atoms with Gasteiger partial charge in [0, 0.05) is 38.8 Å². The van der Waals surface area contributed by atoms with Crippen LogP contribution in [0.2, 0.25) is 0 Å². The fourth-order valence-electron chi connectivity index (χ4n) is 3.40. The van der Waals surface area contributed by atoms with Crippen molar-refractivity contribution >= 4 is 0 Å². The Bertz CT molecular complexity index is 437. The van der Waals surface area contributed by atoms with Crippen LogP contribution >= 0.6 is 0 Å². The molecule has 1 atom stereocenters. The first kappa shape index (κ1) is 16.0. The molecule has 1 N–H and O–H groups in total. The zero-order valence-corrected chi connectivity index (χ0v) is 13.7. The van der Waals surface area contributed by atoms with Crippen molar-refractivity contribution in [3.8, 4) is 0 Å². The van der Waals surface area contributed by atoms with Gasteiger partial charge in [-0.1, -0.05) is 0 Å². The van der Waals surface area contributed by atoms with E-state index in [1.807, 2.05) is 6.92 Å². The van der Waals surface area contributed by atoms with Gasteiger partial charge in [0.05, 0.1) is 19.8 Å². The van der Waals surface area contributed by atoms with Crippen LogP contribution < -0.4 is 5.32 Å². The highest BCUT2D eigenvalue weighted by Crippen LogP contribution is 2.16. The molecule has 0 aliphatic carbocycles. The zero-order valence-electron chi connectivity index (χ0n) is 13.7. The summed E-state index contributed by atoms with van der Waals surface area (Å²) in [6, 6.07) is 4.81. The molecule has 2 fully saturated rings. The third-order valence-electron chi connectivity index (χ3n) is 4.75. The molecule has 1 unspecified atom stereocenters. The molecule has 5 nitrogen and oxygen atoms in total. The Kier molecular flexibility index (Phi) is 5.89. The van der Waals surface area contributed by atoms with E-state index in [9.17, 15) is 0 Å². The highest BCUT2D eigenvalue weighted by atomic mass is 16.5. The van der Waals surface area contributed by atoms with Crippen LogP contribution in [0.4, 0.5) is 0 Å². The molecule has 1 aromatic heterocycles. The number of aryl methyl sites for hydroxylation is 1. The molecule has 2 saturated heterocycles. The Balaban J connectivity index is 1.57. The molecule has 0 aromatic carbocycles. The summed E-state index contributed by atoms with van der Waals surface area (Å²) >= 11 is 0. The Hall–Kier alpha value is -0.880. The van der Waals surface area contributed by atoms with E-state index < -0.39 is 0 Å². The van der Waals surface area contributed by atoms with E-state index in [-0.39, 0.29) is 0 Å². The van der Waals surface area contributed by atoms with Gasteiger partial charge < -0.3 is 14.5 Å². The Morgan fingerprint density at radius 2 is 2.18 bits per heavy atom. The number of rotatable bonds is 6. The largest absolute Gasteiger partial charge is 0.465 e. The molecule has 3 heterocycles. The van der Waals surface area contributed by atoms with E-state index >= 15 is 0 Å². The van der Waals surface area contributed by atoms with Gasteiger partial charge in [0.2, 0.25) is 0 Å². The summed E-state index contributed by atoms with van der Waals surface area (Å²) in [6.07, 6.45) is 2.56. The average molecular weight is 307 g/mol. The van der Waals surface area contributed by atoms with Gasteiger partial charge in [-0.3, -0.25) is 9.80 Å². The van der Waals surface area contributed by atoms with Crippen LogP contribution in [0.15, 0.2) is 16.5 Å². The van der Waals surface area contributed by atoms with Gasteiger partial charge >= 0.3 is 0 Å². The third-order valence-corrected chi connectivity index (χ3v) is 4.75. The maximum absolute atomic E-state index is 5.80. The lowest BCUT2D eigenvalue weighted by Crippen LogP contribution is -2.49. The summed E-state index contributed by atoms with van der Waals surface area (Å²) in [6.45, 7) is 11.3. The molecule has 0 bridgehead atoms. The molecular weight excluding hydrogens is 278 g/mol. The van der Waals surface area contributed by atoms with Gasteiger partial charge in [0.15, 0.2) is 0 Å². The quantitative estimate of drug-likeness (QED) is 0.862. The minimum absolute atomic E-state index is 0.625. The molecule has 1 aromatic rings. The van der Waals surface area contributed by atoms with Crippen molar-refractivity contribution in [1.29, 1.82) is 0 Å². The van der Waals surface area contributed by atoms with Crippen molar-refractivity contribution in [3.63, 3.8) is 0 Å². The monoisotopic (exact) mass is 307 g/mol. The van der Waals surface area contributed by atoms with Gasteiger partial charge in [-0.25, -0.2) is 0 Å². The fourth-order valence-corrected chi connectivity index (χ4v) is 3.40. The molecule has 5 heteroatoms. The first-order chi connectivity index (χ1) is 10.8. The lowest BCUT2D eigenvalue weighted by molar-refractivity contribution is 0.0283. The first-order valence-electron chi connectivity index (χ1n) is 8.61. The number of furan rings is 1. The van der Waals surface area contributed by atoms with E-state index in [4.69, 9.17) is 9.15 Å². The van der Waals surface area contributed by atoms with Gasteiger partial charge in [-0.05, 0) is 38.4 Å². The van der Waals surface area contributed by atoms with E-state index in [0.717, 1.165) is 70.5 Å². The molecule has 22 heavy (non-hydrogen) atoms.